The first-order valence-electron chi connectivity index (χ1n) is 10.0. The van der Waals surface area contributed by atoms with Crippen molar-refractivity contribution in [3.63, 3.8) is 0 Å². The van der Waals surface area contributed by atoms with Crippen LogP contribution in [0.2, 0.25) is 0 Å². The average molecular weight is 434 g/mol. The Balaban J connectivity index is 1.64. The summed E-state index contributed by atoms with van der Waals surface area (Å²) in [6.07, 6.45) is 0.297. The molecule has 0 aromatic heterocycles. The van der Waals surface area contributed by atoms with Crippen molar-refractivity contribution in [1.29, 1.82) is 0 Å². The molecule has 1 atom stereocenters. The molecule has 1 aliphatic heterocycles. The molecule has 0 aliphatic carbocycles. The van der Waals surface area contributed by atoms with Crippen LogP contribution in [-0.2, 0) is 4.79 Å². The van der Waals surface area contributed by atoms with E-state index in [1.54, 1.807) is 24.1 Å². The number of halogens is 1. The predicted molar refractivity (Wildman–Crippen MR) is 121 cm³/mol. The molecule has 1 aliphatic rings. The van der Waals surface area contributed by atoms with Crippen LogP contribution in [0.3, 0.4) is 0 Å². The standard InChI is InChI=1S/C25H23FN2O4/c1-15(27)16-4-3-5-18(10-16)28-14-17(11-25(28)30)21-8-6-19(31-2)13-24(21)32-20-7-9-22(26)23(29)12-20/h3-10,12-13,17,29H,1,11,14,27H2,2H3. The minimum atomic E-state index is -0.734. The van der Waals surface area contributed by atoms with E-state index in [9.17, 15) is 14.3 Å². The Bertz CT molecular complexity index is 1190. The number of hydrogen-bond donors (Lipinski definition) is 2. The predicted octanol–water partition coefficient (Wildman–Crippen LogP) is 4.78. The molecule has 6 nitrogen and oxygen atoms in total. The Morgan fingerprint density at radius 3 is 2.66 bits per heavy atom. The van der Waals surface area contributed by atoms with Crippen LogP contribution in [0.4, 0.5) is 10.1 Å². The minimum Gasteiger partial charge on any atom is -0.505 e. The Hall–Kier alpha value is -4.00. The van der Waals surface area contributed by atoms with Gasteiger partial charge in [0.25, 0.3) is 0 Å². The highest BCUT2D eigenvalue weighted by Crippen LogP contribution is 2.40. The first kappa shape index (κ1) is 21.2. The Kier molecular flexibility index (Phi) is 5.73. The second-order valence-corrected chi connectivity index (χ2v) is 7.60. The summed E-state index contributed by atoms with van der Waals surface area (Å²) >= 11 is 0. The molecule has 7 heteroatoms. The van der Waals surface area contributed by atoms with Crippen LogP contribution in [-0.4, -0.2) is 24.7 Å². The molecule has 1 unspecified atom stereocenters. The lowest BCUT2D eigenvalue weighted by molar-refractivity contribution is -0.117. The van der Waals surface area contributed by atoms with Gasteiger partial charge in [-0.1, -0.05) is 24.8 Å². The SMILES string of the molecule is C=C(N)c1cccc(N2CC(c3ccc(OC)cc3Oc3ccc(F)c(O)c3)CC2=O)c1. The van der Waals surface area contributed by atoms with Gasteiger partial charge >= 0.3 is 0 Å². The van der Waals surface area contributed by atoms with E-state index in [4.69, 9.17) is 15.2 Å². The maximum absolute atomic E-state index is 13.4. The van der Waals surface area contributed by atoms with E-state index in [1.807, 2.05) is 30.3 Å². The van der Waals surface area contributed by atoms with Crippen LogP contribution < -0.4 is 20.1 Å². The van der Waals surface area contributed by atoms with E-state index in [1.165, 1.54) is 12.1 Å². The van der Waals surface area contributed by atoms with Crippen molar-refractivity contribution in [2.24, 2.45) is 5.73 Å². The summed E-state index contributed by atoms with van der Waals surface area (Å²) in [5.41, 5.74) is 8.57. The molecule has 0 radical (unpaired) electrons. The number of hydrogen-bond acceptors (Lipinski definition) is 5. The van der Waals surface area contributed by atoms with Gasteiger partial charge in [0.2, 0.25) is 5.91 Å². The van der Waals surface area contributed by atoms with Crippen LogP contribution in [0.1, 0.15) is 23.5 Å². The molecule has 32 heavy (non-hydrogen) atoms. The molecule has 3 N–H and O–H groups in total. The van der Waals surface area contributed by atoms with Gasteiger partial charge in [0.15, 0.2) is 11.6 Å². The van der Waals surface area contributed by atoms with Crippen molar-refractivity contribution >= 4 is 17.3 Å². The highest BCUT2D eigenvalue weighted by Gasteiger charge is 2.33. The van der Waals surface area contributed by atoms with Gasteiger partial charge in [0.1, 0.15) is 17.2 Å². The summed E-state index contributed by atoms with van der Waals surface area (Å²) < 4.78 is 24.7. The Labute approximate surface area is 185 Å². The maximum atomic E-state index is 13.4. The van der Waals surface area contributed by atoms with Crippen molar-refractivity contribution < 1.29 is 23.8 Å². The molecule has 164 valence electrons. The van der Waals surface area contributed by atoms with Crippen LogP contribution in [0.5, 0.6) is 23.0 Å². The van der Waals surface area contributed by atoms with E-state index in [0.29, 0.717) is 30.2 Å². The summed E-state index contributed by atoms with van der Waals surface area (Å²) in [6, 6.07) is 16.5. The fourth-order valence-corrected chi connectivity index (χ4v) is 3.79. The van der Waals surface area contributed by atoms with E-state index < -0.39 is 11.6 Å². The molecule has 1 saturated heterocycles. The van der Waals surface area contributed by atoms with E-state index >= 15 is 0 Å². The van der Waals surface area contributed by atoms with E-state index in [-0.39, 0.29) is 17.6 Å². The molecule has 1 heterocycles. The number of phenols is 1. The number of phenolic OH excluding ortho intramolecular Hbond substituents is 1. The van der Waals surface area contributed by atoms with Gasteiger partial charge in [-0.2, -0.15) is 0 Å². The monoisotopic (exact) mass is 434 g/mol. The molecule has 3 aromatic rings. The van der Waals surface area contributed by atoms with Crippen LogP contribution in [0.25, 0.3) is 5.70 Å². The fraction of sp³-hybridized carbons (Fsp3) is 0.160. The molecule has 0 saturated carbocycles. The molecular formula is C25H23FN2O4. The summed E-state index contributed by atoms with van der Waals surface area (Å²) in [4.78, 5) is 14.6. The van der Waals surface area contributed by atoms with Gasteiger partial charge in [-0.25, -0.2) is 4.39 Å². The smallest absolute Gasteiger partial charge is 0.227 e. The van der Waals surface area contributed by atoms with Crippen LogP contribution >= 0.6 is 0 Å². The number of ether oxygens (including phenoxy) is 2. The molecule has 0 spiro atoms. The third kappa shape index (κ3) is 4.23. The third-order valence-corrected chi connectivity index (χ3v) is 5.46. The normalized spacial score (nSPS) is 15.6. The van der Waals surface area contributed by atoms with Gasteiger partial charge in [-0.15, -0.1) is 0 Å². The number of anilines is 1. The zero-order valence-electron chi connectivity index (χ0n) is 17.5. The minimum absolute atomic E-state index is 0.0176. The van der Waals surface area contributed by atoms with Crippen LogP contribution in [0.15, 0.2) is 67.2 Å². The number of methoxy groups -OCH3 is 1. The van der Waals surface area contributed by atoms with Gasteiger partial charge in [-0.05, 0) is 35.9 Å². The summed E-state index contributed by atoms with van der Waals surface area (Å²) in [5, 5.41) is 9.67. The molecule has 1 fully saturated rings. The summed E-state index contributed by atoms with van der Waals surface area (Å²) in [5.74, 6) is -0.0744. The number of nitrogens with two attached hydrogens (primary N) is 1. The fourth-order valence-electron chi connectivity index (χ4n) is 3.79. The second kappa shape index (κ2) is 8.63. The average Bonchev–Trinajstić information content (AvgIpc) is 3.17. The van der Waals surface area contributed by atoms with Crippen molar-refractivity contribution in [2.45, 2.75) is 12.3 Å². The van der Waals surface area contributed by atoms with Crippen molar-refractivity contribution in [2.75, 3.05) is 18.6 Å². The first-order valence-corrected chi connectivity index (χ1v) is 10.0. The lowest BCUT2D eigenvalue weighted by atomic mass is 9.97. The quantitative estimate of drug-likeness (QED) is 0.583. The first-order chi connectivity index (χ1) is 15.4. The molecule has 4 rings (SSSR count). The van der Waals surface area contributed by atoms with E-state index in [0.717, 1.165) is 22.9 Å². The van der Waals surface area contributed by atoms with Crippen molar-refractivity contribution in [3.05, 3.63) is 84.2 Å². The second-order valence-electron chi connectivity index (χ2n) is 7.60. The molecule has 0 bridgehead atoms. The third-order valence-electron chi connectivity index (χ3n) is 5.46. The Morgan fingerprint density at radius 2 is 1.94 bits per heavy atom. The van der Waals surface area contributed by atoms with Crippen molar-refractivity contribution in [3.8, 4) is 23.0 Å². The number of benzene rings is 3. The van der Waals surface area contributed by atoms with Gasteiger partial charge in [-0.3, -0.25) is 4.79 Å². The Morgan fingerprint density at radius 1 is 1.16 bits per heavy atom. The number of rotatable bonds is 6. The van der Waals surface area contributed by atoms with Gasteiger partial charge in [0, 0.05) is 48.0 Å². The molecule has 3 aromatic carbocycles. The number of aromatic hydroxyl groups is 1. The van der Waals surface area contributed by atoms with Crippen molar-refractivity contribution in [1.82, 2.24) is 0 Å². The van der Waals surface area contributed by atoms with E-state index in [2.05, 4.69) is 6.58 Å². The number of amides is 1. The zero-order valence-corrected chi connectivity index (χ0v) is 17.5. The van der Waals surface area contributed by atoms with Gasteiger partial charge in [0.05, 0.1) is 7.11 Å². The summed E-state index contributed by atoms with van der Waals surface area (Å²) in [6.45, 7) is 4.21. The lowest BCUT2D eigenvalue weighted by Crippen LogP contribution is -2.24. The largest absolute Gasteiger partial charge is 0.505 e. The highest BCUT2D eigenvalue weighted by molar-refractivity contribution is 5.97. The topological polar surface area (TPSA) is 85.0 Å². The number of carbonyl (C=O) groups is 1. The molecular weight excluding hydrogens is 411 g/mol. The zero-order chi connectivity index (χ0) is 22.8. The molecule has 1 amide bonds. The maximum Gasteiger partial charge on any atom is 0.227 e. The number of carbonyl (C=O) groups excluding carboxylic acids is 1. The van der Waals surface area contributed by atoms with Gasteiger partial charge < -0.3 is 25.2 Å². The lowest BCUT2D eigenvalue weighted by Gasteiger charge is -2.19. The van der Waals surface area contributed by atoms with Crippen LogP contribution in [0, 0.1) is 5.82 Å². The summed E-state index contributed by atoms with van der Waals surface area (Å²) in [7, 11) is 1.54. The number of nitrogens with zero attached hydrogens (tertiary/aromatic N) is 1. The highest BCUT2D eigenvalue weighted by atomic mass is 19.1.